The maximum atomic E-state index is 10.5. The molecule has 1 aromatic carbocycles. The number of hydrogen-bond acceptors (Lipinski definition) is 5. The van der Waals surface area contributed by atoms with Crippen LogP contribution in [0.25, 0.3) is 0 Å². The van der Waals surface area contributed by atoms with Crippen LogP contribution in [-0.2, 0) is 0 Å². The van der Waals surface area contributed by atoms with Crippen LogP contribution < -0.4 is 11.5 Å². The number of nitrogens with zero attached hydrogens (tertiary/aromatic N) is 1. The molecule has 0 aromatic heterocycles. The number of hydrogen-bond donors (Lipinski definition) is 3. The SMILES string of the molecule is NCC[C@@H](N)c1cc([N+](=O)[O-])ccc1O. The highest BCUT2D eigenvalue weighted by molar-refractivity contribution is 5.44. The number of nitro benzene ring substituents is 1. The minimum Gasteiger partial charge on any atom is -0.508 e. The molecule has 0 amide bonds. The maximum absolute atomic E-state index is 10.5. The van der Waals surface area contributed by atoms with Crippen LogP contribution >= 0.6 is 0 Å². The number of aromatic hydroxyl groups is 1. The first-order valence-corrected chi connectivity index (χ1v) is 4.49. The number of rotatable bonds is 4. The standard InChI is InChI=1S/C9H13N3O3/c10-4-3-8(11)7-5-6(12(14)15)1-2-9(7)13/h1-2,5,8,13H,3-4,10-11H2/t8-/m1/s1. The topological polar surface area (TPSA) is 115 Å². The van der Waals surface area contributed by atoms with E-state index in [1.165, 1.54) is 18.2 Å². The summed E-state index contributed by atoms with van der Waals surface area (Å²) in [5.41, 5.74) is 11.3. The second-order valence-electron chi connectivity index (χ2n) is 3.18. The smallest absolute Gasteiger partial charge is 0.270 e. The number of nitro groups is 1. The molecule has 0 bridgehead atoms. The van der Waals surface area contributed by atoms with Crippen LogP contribution in [0.3, 0.4) is 0 Å². The zero-order valence-corrected chi connectivity index (χ0v) is 8.09. The monoisotopic (exact) mass is 211 g/mol. The fraction of sp³-hybridized carbons (Fsp3) is 0.333. The van der Waals surface area contributed by atoms with Gasteiger partial charge in [-0.1, -0.05) is 0 Å². The summed E-state index contributed by atoms with van der Waals surface area (Å²) in [5.74, 6) is -0.0402. The van der Waals surface area contributed by atoms with E-state index in [0.29, 0.717) is 18.5 Å². The van der Waals surface area contributed by atoms with Crippen molar-refractivity contribution in [2.24, 2.45) is 11.5 Å². The maximum Gasteiger partial charge on any atom is 0.270 e. The Hall–Kier alpha value is -1.66. The lowest BCUT2D eigenvalue weighted by Crippen LogP contribution is -2.15. The molecule has 1 rings (SSSR count). The summed E-state index contributed by atoms with van der Waals surface area (Å²) in [6.45, 7) is 0.364. The van der Waals surface area contributed by atoms with E-state index in [1.54, 1.807) is 0 Å². The highest BCUT2D eigenvalue weighted by Gasteiger charge is 2.15. The van der Waals surface area contributed by atoms with Crippen molar-refractivity contribution in [1.82, 2.24) is 0 Å². The molecule has 15 heavy (non-hydrogen) atoms. The van der Waals surface area contributed by atoms with Crippen LogP contribution in [0.2, 0.25) is 0 Å². The lowest BCUT2D eigenvalue weighted by atomic mass is 10.0. The number of nitrogens with two attached hydrogens (primary N) is 2. The molecule has 0 unspecified atom stereocenters. The van der Waals surface area contributed by atoms with E-state index in [1.807, 2.05) is 0 Å². The molecular formula is C9H13N3O3. The largest absolute Gasteiger partial charge is 0.508 e. The normalized spacial score (nSPS) is 12.4. The Morgan fingerprint density at radius 2 is 2.20 bits per heavy atom. The summed E-state index contributed by atoms with van der Waals surface area (Å²) >= 11 is 0. The van der Waals surface area contributed by atoms with Gasteiger partial charge in [0.15, 0.2) is 0 Å². The molecule has 6 heteroatoms. The quantitative estimate of drug-likeness (QED) is 0.499. The molecule has 0 saturated carbocycles. The molecule has 0 aliphatic rings. The van der Waals surface area contributed by atoms with Gasteiger partial charge < -0.3 is 16.6 Å². The van der Waals surface area contributed by atoms with Crippen molar-refractivity contribution in [3.63, 3.8) is 0 Å². The van der Waals surface area contributed by atoms with Crippen LogP contribution in [0.4, 0.5) is 5.69 Å². The van der Waals surface area contributed by atoms with Crippen molar-refractivity contribution in [1.29, 1.82) is 0 Å². The van der Waals surface area contributed by atoms with E-state index in [2.05, 4.69) is 0 Å². The average molecular weight is 211 g/mol. The van der Waals surface area contributed by atoms with E-state index in [0.717, 1.165) is 0 Å². The predicted octanol–water partition coefficient (Wildman–Crippen LogP) is 0.649. The van der Waals surface area contributed by atoms with Crippen LogP contribution in [0.15, 0.2) is 18.2 Å². The summed E-state index contributed by atoms with van der Waals surface area (Å²) in [7, 11) is 0. The van der Waals surface area contributed by atoms with Gasteiger partial charge in [-0.05, 0) is 19.0 Å². The predicted molar refractivity (Wildman–Crippen MR) is 55.4 cm³/mol. The zero-order valence-electron chi connectivity index (χ0n) is 8.09. The van der Waals surface area contributed by atoms with Gasteiger partial charge in [0.05, 0.1) is 4.92 Å². The van der Waals surface area contributed by atoms with Crippen molar-refractivity contribution < 1.29 is 10.0 Å². The molecule has 1 atom stereocenters. The Bertz CT molecular complexity index is 368. The second kappa shape index (κ2) is 4.72. The molecule has 0 saturated heterocycles. The van der Waals surface area contributed by atoms with Crippen LogP contribution in [0.1, 0.15) is 18.0 Å². The zero-order chi connectivity index (χ0) is 11.4. The first kappa shape index (κ1) is 11.4. The molecule has 6 nitrogen and oxygen atoms in total. The number of phenolic OH excluding ortho intramolecular Hbond substituents is 1. The fourth-order valence-corrected chi connectivity index (χ4v) is 1.29. The molecule has 0 aliphatic heterocycles. The number of non-ortho nitro benzene ring substituents is 1. The Kier molecular flexibility index (Phi) is 3.59. The van der Waals surface area contributed by atoms with E-state index in [9.17, 15) is 15.2 Å². The third-order valence-corrected chi connectivity index (χ3v) is 2.10. The van der Waals surface area contributed by atoms with E-state index in [-0.39, 0.29) is 11.4 Å². The van der Waals surface area contributed by atoms with Crippen molar-refractivity contribution in [2.45, 2.75) is 12.5 Å². The number of benzene rings is 1. The molecule has 0 aliphatic carbocycles. The van der Waals surface area contributed by atoms with Gasteiger partial charge in [0, 0.05) is 23.7 Å². The summed E-state index contributed by atoms with van der Waals surface area (Å²) in [6.07, 6.45) is 0.467. The Labute approximate surface area is 86.7 Å². The molecular weight excluding hydrogens is 198 g/mol. The lowest BCUT2D eigenvalue weighted by Gasteiger charge is -2.11. The minimum atomic E-state index is -0.530. The highest BCUT2D eigenvalue weighted by atomic mass is 16.6. The van der Waals surface area contributed by atoms with Crippen LogP contribution in [-0.4, -0.2) is 16.6 Å². The van der Waals surface area contributed by atoms with Gasteiger partial charge in [0.2, 0.25) is 0 Å². The molecule has 0 radical (unpaired) electrons. The van der Waals surface area contributed by atoms with Crippen LogP contribution in [0, 0.1) is 10.1 Å². The summed E-state index contributed by atoms with van der Waals surface area (Å²) < 4.78 is 0. The van der Waals surface area contributed by atoms with E-state index < -0.39 is 11.0 Å². The molecule has 0 spiro atoms. The average Bonchev–Trinajstić information content (AvgIpc) is 2.18. The van der Waals surface area contributed by atoms with Gasteiger partial charge in [-0.25, -0.2) is 0 Å². The number of phenols is 1. The highest BCUT2D eigenvalue weighted by Crippen LogP contribution is 2.28. The Morgan fingerprint density at radius 3 is 2.73 bits per heavy atom. The first-order valence-electron chi connectivity index (χ1n) is 4.49. The summed E-state index contributed by atoms with van der Waals surface area (Å²) in [5, 5.41) is 20.0. The van der Waals surface area contributed by atoms with E-state index in [4.69, 9.17) is 11.5 Å². The Morgan fingerprint density at radius 1 is 1.53 bits per heavy atom. The molecule has 0 heterocycles. The van der Waals surface area contributed by atoms with Crippen molar-refractivity contribution in [3.8, 4) is 5.75 Å². The minimum absolute atomic E-state index is 0.0402. The van der Waals surface area contributed by atoms with Crippen LogP contribution in [0.5, 0.6) is 5.75 Å². The van der Waals surface area contributed by atoms with Gasteiger partial charge in [-0.15, -0.1) is 0 Å². The fourth-order valence-electron chi connectivity index (χ4n) is 1.29. The van der Waals surface area contributed by atoms with Gasteiger partial charge in [0.25, 0.3) is 5.69 Å². The molecule has 0 fully saturated rings. The summed E-state index contributed by atoms with van der Waals surface area (Å²) in [4.78, 5) is 9.97. The third kappa shape index (κ3) is 2.64. The van der Waals surface area contributed by atoms with E-state index >= 15 is 0 Å². The van der Waals surface area contributed by atoms with Gasteiger partial charge in [-0.2, -0.15) is 0 Å². The molecule has 82 valence electrons. The van der Waals surface area contributed by atoms with Gasteiger partial charge >= 0.3 is 0 Å². The van der Waals surface area contributed by atoms with Gasteiger partial charge in [-0.3, -0.25) is 10.1 Å². The van der Waals surface area contributed by atoms with Gasteiger partial charge in [0.1, 0.15) is 5.75 Å². The lowest BCUT2D eigenvalue weighted by molar-refractivity contribution is -0.385. The second-order valence-corrected chi connectivity index (χ2v) is 3.18. The van der Waals surface area contributed by atoms with Crippen molar-refractivity contribution in [2.75, 3.05) is 6.54 Å². The molecule has 1 aromatic rings. The molecule has 5 N–H and O–H groups in total. The van der Waals surface area contributed by atoms with Crippen molar-refractivity contribution >= 4 is 5.69 Å². The third-order valence-electron chi connectivity index (χ3n) is 2.10. The first-order chi connectivity index (χ1) is 7.06. The summed E-state index contributed by atoms with van der Waals surface area (Å²) in [6, 6.07) is 3.29. The van der Waals surface area contributed by atoms with Crippen molar-refractivity contribution in [3.05, 3.63) is 33.9 Å². The Balaban J connectivity index is 3.04.